The monoisotopic (exact) mass is 718 g/mol. The first-order chi connectivity index (χ1) is 22.1. The molecule has 244 valence electrons. The molecule has 7 aromatic carbocycles. The van der Waals surface area contributed by atoms with Gasteiger partial charge in [0, 0.05) is 0 Å². The van der Waals surface area contributed by atoms with Crippen molar-refractivity contribution in [3.8, 4) is 33.4 Å². The van der Waals surface area contributed by atoms with Gasteiger partial charge in [0.15, 0.2) is 0 Å². The summed E-state index contributed by atoms with van der Waals surface area (Å²) >= 11 is 1.36. The van der Waals surface area contributed by atoms with Crippen molar-refractivity contribution in [1.29, 1.82) is 0 Å². The van der Waals surface area contributed by atoms with Gasteiger partial charge in [-0.3, -0.25) is 0 Å². The fourth-order valence-corrected chi connectivity index (χ4v) is 6.61. The quantitative estimate of drug-likeness (QED) is 0.125. The molecule has 7 aromatic rings. The Bertz CT molecular complexity index is 2070. The Morgan fingerprint density at radius 3 is 1.60 bits per heavy atom. The summed E-state index contributed by atoms with van der Waals surface area (Å²) in [6, 6.07) is 44.8. The fraction of sp³-hybridized carbons (Fsp3) is 0.174. The molecule has 0 atom stereocenters. The summed E-state index contributed by atoms with van der Waals surface area (Å²) < 4.78 is 0. The molecule has 0 spiro atoms. The van der Waals surface area contributed by atoms with Crippen LogP contribution in [0, 0.1) is 49.5 Å². The van der Waals surface area contributed by atoms with Crippen LogP contribution in [-0.2, 0) is 23.3 Å². The summed E-state index contributed by atoms with van der Waals surface area (Å²) in [5.41, 5.74) is 15.9. The maximum atomic E-state index is 3.06. The topological polar surface area (TPSA) is 0 Å². The number of fused-ring (bicyclic) bond motifs is 2. The second-order valence-electron chi connectivity index (χ2n) is 12.9. The third kappa shape index (κ3) is 8.90. The van der Waals surface area contributed by atoms with Crippen LogP contribution in [0.2, 0.25) is 0 Å². The van der Waals surface area contributed by atoms with Gasteiger partial charge in [-0.2, -0.15) is 12.1 Å². The molecular weight excluding hydrogens is 672 g/mol. The molecule has 2 radical (unpaired) electrons. The molecule has 0 aliphatic rings. The van der Waals surface area contributed by atoms with Crippen LogP contribution in [0.5, 0.6) is 0 Å². The molecule has 2 heteroatoms. The molecular formula is C46H48SiZr-4. The van der Waals surface area contributed by atoms with Crippen molar-refractivity contribution in [1.82, 2.24) is 0 Å². The van der Waals surface area contributed by atoms with E-state index in [-0.39, 0.29) is 14.9 Å². The van der Waals surface area contributed by atoms with E-state index < -0.39 is 0 Å². The van der Waals surface area contributed by atoms with E-state index in [1.165, 1.54) is 112 Å². The van der Waals surface area contributed by atoms with Crippen LogP contribution in [-0.4, -0.2) is 6.88 Å². The SMILES string of the molecule is CC(C)c1cc2c(-c3ccccc3)cccc2[cH-]1.Cc1cc(C)cc(-c2cc(-c3cc(C)cc(C)c3)c3cc(C)[cH-]c3c2)c1.[CH3-].[CH3-].[Si]=[Zr]. The average molecular weight is 720 g/mol. The van der Waals surface area contributed by atoms with Crippen LogP contribution < -0.4 is 0 Å². The normalized spacial score (nSPS) is 10.4. The van der Waals surface area contributed by atoms with Crippen LogP contribution in [0.1, 0.15) is 53.1 Å². The first-order valence-electron chi connectivity index (χ1n) is 16.0. The third-order valence-electron chi connectivity index (χ3n) is 8.58. The molecule has 0 bridgehead atoms. The molecule has 0 fully saturated rings. The van der Waals surface area contributed by atoms with E-state index >= 15 is 0 Å². The van der Waals surface area contributed by atoms with Crippen molar-refractivity contribution in [2.45, 2.75) is 54.4 Å². The van der Waals surface area contributed by atoms with Crippen molar-refractivity contribution in [2.24, 2.45) is 0 Å². The predicted octanol–water partition coefficient (Wildman–Crippen LogP) is 13.3. The average Bonchev–Trinajstić information content (AvgIpc) is 3.64. The molecule has 0 N–H and O–H groups in total. The van der Waals surface area contributed by atoms with E-state index in [4.69, 9.17) is 0 Å². The number of benzene rings is 5. The molecule has 0 unspecified atom stereocenters. The van der Waals surface area contributed by atoms with Gasteiger partial charge in [-0.25, -0.2) is 0 Å². The molecule has 0 aliphatic carbocycles. The second-order valence-corrected chi connectivity index (χ2v) is 12.9. The molecule has 0 saturated carbocycles. The van der Waals surface area contributed by atoms with Gasteiger partial charge < -0.3 is 14.9 Å². The second kappa shape index (κ2) is 17.2. The Morgan fingerprint density at radius 2 is 1.02 bits per heavy atom. The Hall–Kier alpha value is -3.58. The number of rotatable bonds is 4. The van der Waals surface area contributed by atoms with E-state index in [2.05, 4.69) is 177 Å². The minimum atomic E-state index is 0. The van der Waals surface area contributed by atoms with Crippen LogP contribution in [0.3, 0.4) is 0 Å². The predicted molar refractivity (Wildman–Crippen MR) is 212 cm³/mol. The summed E-state index contributed by atoms with van der Waals surface area (Å²) in [5.74, 6) is 0.584. The summed E-state index contributed by atoms with van der Waals surface area (Å²) in [6.45, 7) is 18.4. The first-order valence-corrected chi connectivity index (χ1v) is 20.2. The number of hydrogen-bond acceptors (Lipinski definition) is 0. The van der Waals surface area contributed by atoms with E-state index in [9.17, 15) is 0 Å². The zero-order chi connectivity index (χ0) is 33.0. The zero-order valence-electron chi connectivity index (χ0n) is 30.1. The van der Waals surface area contributed by atoms with Gasteiger partial charge in [-0.15, -0.1) is 63.0 Å². The first kappa shape index (κ1) is 38.9. The van der Waals surface area contributed by atoms with Crippen LogP contribution in [0.15, 0.2) is 121 Å². The van der Waals surface area contributed by atoms with Crippen molar-refractivity contribution in [2.75, 3.05) is 0 Å². The third-order valence-corrected chi connectivity index (χ3v) is 8.58. The summed E-state index contributed by atoms with van der Waals surface area (Å²) in [4.78, 5) is 0. The van der Waals surface area contributed by atoms with Crippen molar-refractivity contribution in [3.05, 3.63) is 170 Å². The van der Waals surface area contributed by atoms with Crippen molar-refractivity contribution < 1.29 is 23.3 Å². The van der Waals surface area contributed by atoms with Crippen LogP contribution >= 0.6 is 0 Å². The van der Waals surface area contributed by atoms with Gasteiger partial charge in [0.25, 0.3) is 0 Å². The molecule has 0 nitrogen and oxygen atoms in total. The molecule has 7 rings (SSSR count). The standard InChI is InChI=1S/C26H25.C18H17.2CH3.Si.Zr/c1-16-6-17(2)9-21(8-16)22-14-24-12-20(5)13-25(24)26(15-22)23-10-18(3)7-19(4)11-23;1-13(2)16-11-15-9-6-10-17(18(15)12-16)14-7-4-3-5-8-14;;;;/h6-15H,1-5H3;3-13H,1-2H3;2*1H3;;/q4*-1;;. The van der Waals surface area contributed by atoms with E-state index in [0.29, 0.717) is 5.92 Å². The molecule has 48 heavy (non-hydrogen) atoms. The minimum absolute atomic E-state index is 0. The van der Waals surface area contributed by atoms with Crippen LogP contribution in [0.25, 0.3) is 54.9 Å². The van der Waals surface area contributed by atoms with Crippen LogP contribution in [0.4, 0.5) is 0 Å². The number of aryl methyl sites for hydroxylation is 5. The van der Waals surface area contributed by atoms with E-state index in [0.717, 1.165) is 0 Å². The molecule has 0 aromatic heterocycles. The fourth-order valence-electron chi connectivity index (χ4n) is 6.61. The van der Waals surface area contributed by atoms with Gasteiger partial charge in [-0.1, -0.05) is 139 Å². The van der Waals surface area contributed by atoms with E-state index in [1.54, 1.807) is 0 Å². The van der Waals surface area contributed by atoms with Gasteiger partial charge in [0.05, 0.1) is 0 Å². The van der Waals surface area contributed by atoms with Gasteiger partial charge in [0.1, 0.15) is 0 Å². The summed E-state index contributed by atoms with van der Waals surface area (Å²) in [6.07, 6.45) is 0. The Balaban J connectivity index is 0.000000251. The summed E-state index contributed by atoms with van der Waals surface area (Å²) in [7, 11) is 0. The van der Waals surface area contributed by atoms with E-state index in [1.807, 2.05) is 0 Å². The Kier molecular flexibility index (Phi) is 13.9. The molecule has 0 heterocycles. The summed E-state index contributed by atoms with van der Waals surface area (Å²) in [5, 5.41) is 5.39. The molecule has 0 aliphatic heterocycles. The van der Waals surface area contributed by atoms with Crippen molar-refractivity contribution >= 4 is 28.4 Å². The Labute approximate surface area is 307 Å². The van der Waals surface area contributed by atoms with Gasteiger partial charge in [-0.05, 0) is 50.3 Å². The molecule has 0 amide bonds. The van der Waals surface area contributed by atoms with Crippen molar-refractivity contribution in [3.63, 3.8) is 0 Å². The zero-order valence-corrected chi connectivity index (χ0v) is 33.6. The van der Waals surface area contributed by atoms with Gasteiger partial charge >= 0.3 is 30.2 Å². The number of hydrogen-bond donors (Lipinski definition) is 0. The van der Waals surface area contributed by atoms with Gasteiger partial charge in [0.2, 0.25) is 0 Å². The molecule has 0 saturated heterocycles. The Morgan fingerprint density at radius 1 is 0.479 bits per heavy atom. The maximum absolute atomic E-state index is 3.06.